The molecular weight excluding hydrogens is 242 g/mol. The molecule has 0 saturated heterocycles. The topological polar surface area (TPSA) is 66.4 Å². The van der Waals surface area contributed by atoms with Gasteiger partial charge in [-0.1, -0.05) is 46.1 Å². The molecular formula is C15H25NO3. The Labute approximate surface area is 115 Å². The Bertz CT molecular complexity index is 372. The predicted octanol–water partition coefficient (Wildman–Crippen LogP) is 3.09. The van der Waals surface area contributed by atoms with Crippen molar-refractivity contribution in [3.63, 3.8) is 0 Å². The maximum atomic E-state index is 11.9. The van der Waals surface area contributed by atoms with Crippen LogP contribution in [0, 0.1) is 11.3 Å². The van der Waals surface area contributed by atoms with Crippen LogP contribution in [0.25, 0.3) is 0 Å². The van der Waals surface area contributed by atoms with Crippen molar-refractivity contribution in [2.45, 2.75) is 59.3 Å². The molecule has 108 valence electrons. The molecule has 1 aliphatic rings. The molecule has 1 amide bonds. The van der Waals surface area contributed by atoms with Crippen molar-refractivity contribution in [2.24, 2.45) is 11.3 Å². The van der Waals surface area contributed by atoms with Gasteiger partial charge in [0.1, 0.15) is 5.70 Å². The standard InChI is InChI=1S/C15H25NO3/c1-4-5-6-7-8-9-12(14(18)19)16-13(17)11-10-15(11,2)3/h9,11H,4-8,10H2,1-3H3,(H,16,17)(H,18,19)/b12-9+. The lowest BCUT2D eigenvalue weighted by atomic mass is 10.1. The van der Waals surface area contributed by atoms with E-state index in [-0.39, 0.29) is 22.9 Å². The Morgan fingerprint density at radius 3 is 2.42 bits per heavy atom. The smallest absolute Gasteiger partial charge is 0.352 e. The average Bonchev–Trinajstić information content (AvgIpc) is 2.96. The summed E-state index contributed by atoms with van der Waals surface area (Å²) in [6.45, 7) is 6.18. The third-order valence-electron chi connectivity index (χ3n) is 3.72. The van der Waals surface area contributed by atoms with Gasteiger partial charge in [0, 0.05) is 5.92 Å². The second-order valence-corrected chi connectivity index (χ2v) is 6.01. The lowest BCUT2D eigenvalue weighted by Gasteiger charge is -2.07. The van der Waals surface area contributed by atoms with Crippen LogP contribution >= 0.6 is 0 Å². The molecule has 0 heterocycles. The molecule has 4 nitrogen and oxygen atoms in total. The Balaban J connectivity index is 2.42. The first-order chi connectivity index (χ1) is 8.88. The van der Waals surface area contributed by atoms with Gasteiger partial charge in [0.15, 0.2) is 0 Å². The van der Waals surface area contributed by atoms with Crippen molar-refractivity contribution in [3.8, 4) is 0 Å². The highest BCUT2D eigenvalue weighted by molar-refractivity contribution is 5.94. The SMILES string of the molecule is CCCCCC/C=C(/NC(=O)C1CC1(C)C)C(=O)O. The number of allylic oxidation sites excluding steroid dienone is 1. The van der Waals surface area contributed by atoms with Crippen LogP contribution in [0.1, 0.15) is 59.3 Å². The molecule has 1 aliphatic carbocycles. The van der Waals surface area contributed by atoms with E-state index in [9.17, 15) is 9.59 Å². The van der Waals surface area contributed by atoms with E-state index in [1.807, 2.05) is 13.8 Å². The Hall–Kier alpha value is -1.32. The number of nitrogens with one attached hydrogen (secondary N) is 1. The second-order valence-electron chi connectivity index (χ2n) is 6.01. The highest BCUT2D eigenvalue weighted by Gasteiger charge is 2.50. The van der Waals surface area contributed by atoms with Crippen molar-refractivity contribution >= 4 is 11.9 Å². The first-order valence-corrected chi connectivity index (χ1v) is 7.13. The number of unbranched alkanes of at least 4 members (excludes halogenated alkanes) is 4. The van der Waals surface area contributed by atoms with Crippen LogP contribution in [0.15, 0.2) is 11.8 Å². The van der Waals surface area contributed by atoms with Gasteiger partial charge in [0.05, 0.1) is 0 Å². The monoisotopic (exact) mass is 267 g/mol. The molecule has 0 aliphatic heterocycles. The van der Waals surface area contributed by atoms with Crippen LogP contribution in [-0.2, 0) is 9.59 Å². The summed E-state index contributed by atoms with van der Waals surface area (Å²) in [7, 11) is 0. The molecule has 0 aromatic carbocycles. The van der Waals surface area contributed by atoms with Gasteiger partial charge in [0.2, 0.25) is 5.91 Å². The lowest BCUT2D eigenvalue weighted by molar-refractivity contribution is -0.135. The maximum Gasteiger partial charge on any atom is 0.352 e. The summed E-state index contributed by atoms with van der Waals surface area (Å²) in [6.07, 6.45) is 7.56. The lowest BCUT2D eigenvalue weighted by Crippen LogP contribution is -2.29. The summed E-state index contributed by atoms with van der Waals surface area (Å²) < 4.78 is 0. The zero-order chi connectivity index (χ0) is 14.5. The number of carboxylic acids is 1. The molecule has 19 heavy (non-hydrogen) atoms. The van der Waals surface area contributed by atoms with Gasteiger partial charge in [-0.15, -0.1) is 0 Å². The molecule has 0 aromatic rings. The largest absolute Gasteiger partial charge is 0.477 e. The van der Waals surface area contributed by atoms with Gasteiger partial charge < -0.3 is 10.4 Å². The minimum atomic E-state index is -1.05. The highest BCUT2D eigenvalue weighted by atomic mass is 16.4. The summed E-state index contributed by atoms with van der Waals surface area (Å²) in [5.41, 5.74) is 0.0543. The van der Waals surface area contributed by atoms with Crippen LogP contribution < -0.4 is 5.32 Å². The number of carboxylic acid groups (broad SMARTS) is 1. The zero-order valence-corrected chi connectivity index (χ0v) is 12.2. The molecule has 0 radical (unpaired) electrons. The van der Waals surface area contributed by atoms with Gasteiger partial charge in [-0.25, -0.2) is 4.79 Å². The number of carbonyl (C=O) groups is 2. The van der Waals surface area contributed by atoms with E-state index in [2.05, 4.69) is 12.2 Å². The average molecular weight is 267 g/mol. The fourth-order valence-electron chi connectivity index (χ4n) is 2.14. The van der Waals surface area contributed by atoms with Gasteiger partial charge in [-0.2, -0.15) is 0 Å². The second kappa shape index (κ2) is 6.73. The van der Waals surface area contributed by atoms with Gasteiger partial charge >= 0.3 is 5.97 Å². The van der Waals surface area contributed by atoms with Crippen LogP contribution in [0.4, 0.5) is 0 Å². The molecule has 0 spiro atoms. The molecule has 1 fully saturated rings. The molecule has 4 heteroatoms. The normalized spacial score (nSPS) is 21.0. The molecule has 1 saturated carbocycles. The van der Waals surface area contributed by atoms with Crippen LogP contribution in [0.2, 0.25) is 0 Å². The molecule has 1 unspecified atom stereocenters. The van der Waals surface area contributed by atoms with Gasteiger partial charge in [-0.3, -0.25) is 4.79 Å². The van der Waals surface area contributed by atoms with E-state index < -0.39 is 5.97 Å². The summed E-state index contributed by atoms with van der Waals surface area (Å²) in [5.74, 6) is -1.26. The number of hydrogen-bond acceptors (Lipinski definition) is 2. The van der Waals surface area contributed by atoms with Gasteiger partial charge in [0.25, 0.3) is 0 Å². The first-order valence-electron chi connectivity index (χ1n) is 7.13. The van der Waals surface area contributed by atoms with E-state index >= 15 is 0 Å². The summed E-state index contributed by atoms with van der Waals surface area (Å²) in [5, 5.41) is 11.6. The van der Waals surface area contributed by atoms with Crippen LogP contribution in [-0.4, -0.2) is 17.0 Å². The number of amides is 1. The Morgan fingerprint density at radius 1 is 1.32 bits per heavy atom. The van der Waals surface area contributed by atoms with Crippen LogP contribution in [0.3, 0.4) is 0 Å². The molecule has 2 N–H and O–H groups in total. The predicted molar refractivity (Wildman–Crippen MR) is 74.5 cm³/mol. The molecule has 0 aromatic heterocycles. The third-order valence-corrected chi connectivity index (χ3v) is 3.72. The maximum absolute atomic E-state index is 11.9. The van der Waals surface area contributed by atoms with E-state index in [0.717, 1.165) is 25.7 Å². The van der Waals surface area contributed by atoms with E-state index in [4.69, 9.17) is 5.11 Å². The Morgan fingerprint density at radius 2 is 1.95 bits per heavy atom. The van der Waals surface area contributed by atoms with E-state index in [1.54, 1.807) is 6.08 Å². The number of rotatable bonds is 8. The van der Waals surface area contributed by atoms with Crippen molar-refractivity contribution < 1.29 is 14.7 Å². The van der Waals surface area contributed by atoms with E-state index in [0.29, 0.717) is 6.42 Å². The zero-order valence-electron chi connectivity index (χ0n) is 12.2. The third kappa shape index (κ3) is 5.05. The Kier molecular flexibility index (Phi) is 5.58. The molecule has 1 rings (SSSR count). The number of hydrogen-bond donors (Lipinski definition) is 2. The minimum absolute atomic E-state index is 0.0226. The minimum Gasteiger partial charge on any atom is -0.477 e. The van der Waals surface area contributed by atoms with E-state index in [1.165, 1.54) is 6.42 Å². The summed E-state index contributed by atoms with van der Waals surface area (Å²) in [4.78, 5) is 22.9. The van der Waals surface area contributed by atoms with Crippen molar-refractivity contribution in [2.75, 3.05) is 0 Å². The molecule has 0 bridgehead atoms. The quantitative estimate of drug-likeness (QED) is 0.524. The molecule has 1 atom stereocenters. The summed E-state index contributed by atoms with van der Waals surface area (Å²) >= 11 is 0. The van der Waals surface area contributed by atoms with Crippen molar-refractivity contribution in [1.29, 1.82) is 0 Å². The van der Waals surface area contributed by atoms with Crippen molar-refractivity contribution in [3.05, 3.63) is 11.8 Å². The van der Waals surface area contributed by atoms with Crippen molar-refractivity contribution in [1.82, 2.24) is 5.32 Å². The highest BCUT2D eigenvalue weighted by Crippen LogP contribution is 2.51. The van der Waals surface area contributed by atoms with Gasteiger partial charge in [-0.05, 0) is 24.7 Å². The fourth-order valence-corrected chi connectivity index (χ4v) is 2.14. The fraction of sp³-hybridized carbons (Fsp3) is 0.733. The number of carbonyl (C=O) groups excluding carboxylic acids is 1. The van der Waals surface area contributed by atoms with Crippen LogP contribution in [0.5, 0.6) is 0 Å². The number of aliphatic carboxylic acids is 1. The first kappa shape index (κ1) is 15.7. The summed E-state index contributed by atoms with van der Waals surface area (Å²) in [6, 6.07) is 0.